The van der Waals surface area contributed by atoms with Gasteiger partial charge in [-0.25, -0.2) is 8.78 Å². The lowest BCUT2D eigenvalue weighted by Crippen LogP contribution is -2.63. The number of fused-ring (bicyclic) bond motifs is 2. The normalized spacial score (nSPS) is 19.4. The Balaban J connectivity index is 1.25. The summed E-state index contributed by atoms with van der Waals surface area (Å²) in [5.41, 5.74) is 4.39. The number of ether oxygens (including phenoxy) is 1. The molecule has 1 aliphatic carbocycles. The summed E-state index contributed by atoms with van der Waals surface area (Å²) >= 11 is 6.50. The molecule has 2 heterocycles. The second-order valence-corrected chi connectivity index (χ2v) is 12.3. The average molecular weight is 638 g/mol. The van der Waals surface area contributed by atoms with E-state index < -0.39 is 23.2 Å². The molecule has 3 aromatic carbocycles. The molecule has 0 spiro atoms. The van der Waals surface area contributed by atoms with Gasteiger partial charge < -0.3 is 19.9 Å². The maximum Gasteiger partial charge on any atom is 0.252 e. The van der Waals surface area contributed by atoms with E-state index in [0.717, 1.165) is 47.2 Å². The molecule has 0 aromatic heterocycles. The van der Waals surface area contributed by atoms with Crippen LogP contribution in [-0.2, 0) is 22.6 Å². The van der Waals surface area contributed by atoms with E-state index in [1.807, 2.05) is 58.3 Å². The number of benzene rings is 3. The number of rotatable bonds is 10. The Labute approximate surface area is 265 Å². The molecule has 2 fully saturated rings. The molecule has 1 saturated carbocycles. The summed E-state index contributed by atoms with van der Waals surface area (Å²) in [7, 11) is 0. The van der Waals surface area contributed by atoms with E-state index in [9.17, 15) is 22.8 Å². The Bertz CT molecular complexity index is 1630. The third-order valence-electron chi connectivity index (χ3n) is 8.85. The van der Waals surface area contributed by atoms with Crippen LogP contribution in [-0.4, -0.2) is 59.4 Å². The molecule has 2 aliphatic heterocycles. The van der Waals surface area contributed by atoms with Gasteiger partial charge in [-0.15, -0.1) is 0 Å². The highest BCUT2D eigenvalue weighted by Gasteiger charge is 2.45. The number of amides is 2. The minimum Gasteiger partial charge on any atom is -0.488 e. The number of hydrogen-bond donors (Lipinski definition) is 1. The lowest BCUT2D eigenvalue weighted by molar-refractivity contribution is -0.136. The highest BCUT2D eigenvalue weighted by molar-refractivity contribution is 6.31. The molecular weight excluding hydrogens is 603 g/mol. The van der Waals surface area contributed by atoms with E-state index in [1.165, 1.54) is 0 Å². The van der Waals surface area contributed by atoms with Crippen LogP contribution >= 0.6 is 11.6 Å². The summed E-state index contributed by atoms with van der Waals surface area (Å²) in [4.78, 5) is 31.2. The van der Waals surface area contributed by atoms with Crippen LogP contribution in [0.5, 0.6) is 5.75 Å². The number of nitrogens with one attached hydrogen (secondary N) is 1. The van der Waals surface area contributed by atoms with Gasteiger partial charge in [0.2, 0.25) is 11.7 Å². The second-order valence-electron chi connectivity index (χ2n) is 11.9. The van der Waals surface area contributed by atoms with Crippen LogP contribution in [0.3, 0.4) is 0 Å². The van der Waals surface area contributed by atoms with Crippen molar-refractivity contribution >= 4 is 29.0 Å². The lowest BCUT2D eigenvalue weighted by atomic mass is 9.81. The molecule has 236 valence electrons. The number of hydrogen-bond acceptors (Lipinski definition) is 4. The van der Waals surface area contributed by atoms with Gasteiger partial charge in [-0.3, -0.25) is 9.59 Å². The Morgan fingerprint density at radius 1 is 1.00 bits per heavy atom. The fourth-order valence-electron chi connectivity index (χ4n) is 6.50. The van der Waals surface area contributed by atoms with Crippen molar-refractivity contribution in [3.8, 4) is 5.75 Å². The van der Waals surface area contributed by atoms with E-state index >= 15 is 0 Å². The first kappa shape index (κ1) is 31.2. The second kappa shape index (κ2) is 13.3. The van der Waals surface area contributed by atoms with Crippen LogP contribution in [0.15, 0.2) is 66.2 Å². The number of carbonyl (C=O) groups excluding carboxylic acids is 2. The maximum atomic E-state index is 14.5. The number of halogens is 4. The molecule has 45 heavy (non-hydrogen) atoms. The van der Waals surface area contributed by atoms with Crippen LogP contribution in [0.2, 0.25) is 5.02 Å². The zero-order valence-corrected chi connectivity index (χ0v) is 25.8. The van der Waals surface area contributed by atoms with Gasteiger partial charge in [0, 0.05) is 49.2 Å². The maximum absolute atomic E-state index is 14.5. The summed E-state index contributed by atoms with van der Waals surface area (Å²) < 4.78 is 46.4. The standard InChI is InChI=1S/C35H35ClF3N3O3/c1-21(43)42-26-17-27(23-10-8-22(9-11-23)5-4-16-45-34-30(38)15-14-29(37)33(34)39)32(31(42)19-40-18-26)35(44)41(25-12-13-25)20-24-6-2-3-7-28(24)36/h2-3,6-11,14-15,25-26,31,40H,4-5,12-13,16-20H2,1H3/t26-,31-/m1/s1. The van der Waals surface area contributed by atoms with Gasteiger partial charge in [-0.2, -0.15) is 4.39 Å². The topological polar surface area (TPSA) is 61.9 Å². The smallest absolute Gasteiger partial charge is 0.252 e. The molecule has 10 heteroatoms. The molecule has 1 N–H and O–H groups in total. The van der Waals surface area contributed by atoms with Gasteiger partial charge >= 0.3 is 0 Å². The molecule has 2 bridgehead atoms. The fraction of sp³-hybridized carbons (Fsp3) is 0.371. The van der Waals surface area contributed by atoms with Crippen molar-refractivity contribution < 1.29 is 27.5 Å². The molecule has 3 aliphatic rings. The number of nitrogens with zero attached hydrogens (tertiary/aromatic N) is 2. The molecule has 2 atom stereocenters. The van der Waals surface area contributed by atoms with Gasteiger partial charge in [0.1, 0.15) is 0 Å². The molecule has 3 aromatic rings. The van der Waals surface area contributed by atoms with Crippen molar-refractivity contribution in [3.63, 3.8) is 0 Å². The Morgan fingerprint density at radius 2 is 1.73 bits per heavy atom. The van der Waals surface area contributed by atoms with Crippen LogP contribution < -0.4 is 10.1 Å². The summed E-state index contributed by atoms with van der Waals surface area (Å²) in [5, 5.41) is 4.05. The van der Waals surface area contributed by atoms with E-state index in [1.54, 1.807) is 6.92 Å². The lowest BCUT2D eigenvalue weighted by Gasteiger charge is -2.48. The zero-order valence-electron chi connectivity index (χ0n) is 25.0. The third-order valence-corrected chi connectivity index (χ3v) is 9.22. The molecule has 0 radical (unpaired) electrons. The third kappa shape index (κ3) is 6.60. The van der Waals surface area contributed by atoms with E-state index in [0.29, 0.717) is 49.5 Å². The summed E-state index contributed by atoms with van der Waals surface area (Å²) in [6, 6.07) is 16.7. The van der Waals surface area contributed by atoms with Crippen LogP contribution in [0.1, 0.15) is 49.3 Å². The predicted octanol–water partition coefficient (Wildman–Crippen LogP) is 6.31. The highest BCUT2D eigenvalue weighted by atomic mass is 35.5. The van der Waals surface area contributed by atoms with Crippen molar-refractivity contribution in [1.29, 1.82) is 0 Å². The zero-order chi connectivity index (χ0) is 31.7. The first-order chi connectivity index (χ1) is 21.7. The molecular formula is C35H35ClF3N3O3. The van der Waals surface area contributed by atoms with Crippen LogP contribution in [0, 0.1) is 17.5 Å². The van der Waals surface area contributed by atoms with E-state index in [2.05, 4.69) is 5.32 Å². The van der Waals surface area contributed by atoms with Crippen LogP contribution in [0.25, 0.3) is 5.57 Å². The number of carbonyl (C=O) groups is 2. The molecule has 0 unspecified atom stereocenters. The van der Waals surface area contributed by atoms with Gasteiger partial charge in [0.05, 0.1) is 12.6 Å². The minimum absolute atomic E-state index is 0.0164. The number of aryl methyl sites for hydroxylation is 1. The van der Waals surface area contributed by atoms with Crippen LogP contribution in [0.4, 0.5) is 13.2 Å². The summed E-state index contributed by atoms with van der Waals surface area (Å²) in [5.74, 6) is -4.26. The van der Waals surface area contributed by atoms with E-state index in [4.69, 9.17) is 16.3 Å². The van der Waals surface area contributed by atoms with Crippen molar-refractivity contribution in [3.05, 3.63) is 105 Å². The van der Waals surface area contributed by atoms with E-state index in [-0.39, 0.29) is 36.5 Å². The summed E-state index contributed by atoms with van der Waals surface area (Å²) in [6.07, 6.45) is 3.44. The Morgan fingerprint density at radius 3 is 2.44 bits per heavy atom. The first-order valence-electron chi connectivity index (χ1n) is 15.4. The van der Waals surface area contributed by atoms with Gasteiger partial charge in [0.25, 0.3) is 5.91 Å². The van der Waals surface area contributed by atoms with Crippen molar-refractivity contribution in [2.75, 3.05) is 19.7 Å². The molecule has 6 nitrogen and oxygen atoms in total. The minimum atomic E-state index is -1.33. The SMILES string of the molecule is CC(=O)N1[C@H]2CNC[C@@H]1C(C(=O)N(Cc1ccccc1Cl)C1CC1)=C(c1ccc(CCCOc3c(F)ccc(F)c3F)cc1)C2. The van der Waals surface area contributed by atoms with Gasteiger partial charge in [-0.1, -0.05) is 54.1 Å². The van der Waals surface area contributed by atoms with Crippen molar-refractivity contribution in [2.45, 2.75) is 63.7 Å². The molecule has 6 rings (SSSR count). The quantitative estimate of drug-likeness (QED) is 0.209. The fourth-order valence-corrected chi connectivity index (χ4v) is 6.69. The Hall–Kier alpha value is -3.82. The Kier molecular flexibility index (Phi) is 9.19. The molecule has 1 saturated heterocycles. The largest absolute Gasteiger partial charge is 0.488 e. The van der Waals surface area contributed by atoms with Gasteiger partial charge in [0.15, 0.2) is 17.4 Å². The predicted molar refractivity (Wildman–Crippen MR) is 166 cm³/mol. The van der Waals surface area contributed by atoms with Gasteiger partial charge in [-0.05, 0) is 72.6 Å². The monoisotopic (exact) mass is 637 g/mol. The molecule has 2 amide bonds. The summed E-state index contributed by atoms with van der Waals surface area (Å²) in [6.45, 7) is 3.13. The average Bonchev–Trinajstić information content (AvgIpc) is 3.87. The first-order valence-corrected chi connectivity index (χ1v) is 15.7. The number of piperazine rings is 1. The highest BCUT2D eigenvalue weighted by Crippen LogP contribution is 2.40. The van der Waals surface area contributed by atoms with Crippen molar-refractivity contribution in [2.24, 2.45) is 0 Å². The van der Waals surface area contributed by atoms with Crippen molar-refractivity contribution in [1.82, 2.24) is 15.1 Å².